The van der Waals surface area contributed by atoms with Gasteiger partial charge in [-0.15, -0.1) is 0 Å². The summed E-state index contributed by atoms with van der Waals surface area (Å²) in [6, 6.07) is 13.4. The van der Waals surface area contributed by atoms with Gasteiger partial charge in [0, 0.05) is 26.6 Å². The van der Waals surface area contributed by atoms with Crippen LogP contribution in [0.15, 0.2) is 51.7 Å². The number of fused-ring (bicyclic) bond motifs is 1. The molecule has 25 heavy (non-hydrogen) atoms. The summed E-state index contributed by atoms with van der Waals surface area (Å²) in [4.78, 5) is 24.4. The molecule has 3 rings (SSSR count). The number of hydrogen-bond donors (Lipinski definition) is 1. The topological polar surface area (TPSA) is 59.3 Å². The maximum atomic E-state index is 12.3. The molecule has 0 radical (unpaired) electrons. The molecule has 4 nitrogen and oxygen atoms in total. The number of nitrogens with one attached hydrogen (secondary N) is 1. The molecular formula is C20H18INO3. The highest BCUT2D eigenvalue weighted by molar-refractivity contribution is 14.1. The Bertz CT molecular complexity index is 990. The van der Waals surface area contributed by atoms with Crippen LogP contribution in [-0.2, 0) is 11.2 Å². The molecule has 0 aliphatic heterocycles. The van der Waals surface area contributed by atoms with Gasteiger partial charge >= 0.3 is 5.63 Å². The minimum absolute atomic E-state index is 0.121. The van der Waals surface area contributed by atoms with Crippen LogP contribution in [0.5, 0.6) is 0 Å². The largest absolute Gasteiger partial charge is 0.423 e. The average molecular weight is 447 g/mol. The van der Waals surface area contributed by atoms with Crippen LogP contribution in [0.25, 0.3) is 11.0 Å². The standard InChI is InChI=1S/C20H18INO3/c1-12-3-8-16-13(2)17(20(24)25-18(16)11-12)9-10-19(23)22-15-6-4-14(21)5-7-15/h3-8,11H,9-10H2,1-2H3,(H,22,23). The van der Waals surface area contributed by atoms with Crippen molar-refractivity contribution in [2.75, 3.05) is 5.32 Å². The van der Waals surface area contributed by atoms with E-state index < -0.39 is 0 Å². The summed E-state index contributed by atoms with van der Waals surface area (Å²) in [7, 11) is 0. The van der Waals surface area contributed by atoms with Gasteiger partial charge in [0.15, 0.2) is 0 Å². The molecular weight excluding hydrogens is 429 g/mol. The summed E-state index contributed by atoms with van der Waals surface area (Å²) >= 11 is 2.21. The molecule has 1 aromatic heterocycles. The summed E-state index contributed by atoms with van der Waals surface area (Å²) in [5, 5.41) is 3.76. The Morgan fingerprint density at radius 1 is 1.12 bits per heavy atom. The first-order valence-electron chi connectivity index (χ1n) is 8.02. The molecule has 0 atom stereocenters. The van der Waals surface area contributed by atoms with E-state index in [1.54, 1.807) is 0 Å². The van der Waals surface area contributed by atoms with Gasteiger partial charge in [0.25, 0.3) is 0 Å². The molecule has 0 saturated carbocycles. The highest BCUT2D eigenvalue weighted by Crippen LogP contribution is 2.21. The van der Waals surface area contributed by atoms with Crippen LogP contribution in [-0.4, -0.2) is 5.91 Å². The Morgan fingerprint density at radius 3 is 2.56 bits per heavy atom. The molecule has 1 N–H and O–H groups in total. The zero-order chi connectivity index (χ0) is 18.0. The van der Waals surface area contributed by atoms with Crippen molar-refractivity contribution in [3.05, 3.63) is 73.1 Å². The Morgan fingerprint density at radius 2 is 1.84 bits per heavy atom. The third-order valence-electron chi connectivity index (χ3n) is 4.17. The van der Waals surface area contributed by atoms with E-state index in [2.05, 4.69) is 27.9 Å². The van der Waals surface area contributed by atoms with Gasteiger partial charge in [-0.1, -0.05) is 12.1 Å². The van der Waals surface area contributed by atoms with E-state index in [1.807, 2.05) is 56.3 Å². The molecule has 0 aliphatic rings. The van der Waals surface area contributed by atoms with E-state index in [1.165, 1.54) is 0 Å². The lowest BCUT2D eigenvalue weighted by Gasteiger charge is -2.09. The minimum atomic E-state index is -0.363. The maximum absolute atomic E-state index is 12.3. The summed E-state index contributed by atoms with van der Waals surface area (Å²) in [6.07, 6.45) is 0.586. The zero-order valence-electron chi connectivity index (χ0n) is 14.1. The molecule has 0 fully saturated rings. The van der Waals surface area contributed by atoms with Crippen molar-refractivity contribution in [3.63, 3.8) is 0 Å². The van der Waals surface area contributed by atoms with Crippen LogP contribution in [0.2, 0.25) is 0 Å². The monoisotopic (exact) mass is 447 g/mol. The van der Waals surface area contributed by atoms with Gasteiger partial charge in [-0.2, -0.15) is 0 Å². The Labute approximate surface area is 159 Å². The molecule has 0 unspecified atom stereocenters. The predicted molar refractivity (Wildman–Crippen MR) is 108 cm³/mol. The molecule has 1 heterocycles. The van der Waals surface area contributed by atoms with Gasteiger partial charge in [0.1, 0.15) is 5.58 Å². The molecule has 5 heteroatoms. The lowest BCUT2D eigenvalue weighted by molar-refractivity contribution is -0.116. The molecule has 0 saturated heterocycles. The fourth-order valence-electron chi connectivity index (χ4n) is 2.79. The van der Waals surface area contributed by atoms with E-state index in [4.69, 9.17) is 4.42 Å². The van der Waals surface area contributed by atoms with Crippen molar-refractivity contribution < 1.29 is 9.21 Å². The van der Waals surface area contributed by atoms with Gasteiger partial charge in [0.2, 0.25) is 5.91 Å². The third kappa shape index (κ3) is 4.10. The maximum Gasteiger partial charge on any atom is 0.339 e. The number of anilines is 1. The lowest BCUT2D eigenvalue weighted by atomic mass is 10.0. The number of carbonyl (C=O) groups excluding carboxylic acids is 1. The van der Waals surface area contributed by atoms with Crippen molar-refractivity contribution in [2.45, 2.75) is 26.7 Å². The number of amides is 1. The van der Waals surface area contributed by atoms with Crippen LogP contribution in [0, 0.1) is 17.4 Å². The van der Waals surface area contributed by atoms with Crippen LogP contribution in [0.4, 0.5) is 5.69 Å². The van der Waals surface area contributed by atoms with Crippen molar-refractivity contribution in [1.29, 1.82) is 0 Å². The number of hydrogen-bond acceptors (Lipinski definition) is 3. The van der Waals surface area contributed by atoms with Crippen molar-refractivity contribution in [1.82, 2.24) is 0 Å². The van der Waals surface area contributed by atoms with Crippen molar-refractivity contribution in [3.8, 4) is 0 Å². The van der Waals surface area contributed by atoms with Gasteiger partial charge in [-0.3, -0.25) is 4.79 Å². The molecule has 2 aromatic carbocycles. The van der Waals surface area contributed by atoms with Crippen molar-refractivity contribution in [2.24, 2.45) is 0 Å². The summed E-state index contributed by atoms with van der Waals surface area (Å²) < 4.78 is 6.54. The first kappa shape index (κ1) is 17.7. The van der Waals surface area contributed by atoms with E-state index in [-0.39, 0.29) is 18.0 Å². The van der Waals surface area contributed by atoms with Gasteiger partial charge in [-0.05, 0) is 84.3 Å². The highest BCUT2D eigenvalue weighted by Gasteiger charge is 2.13. The van der Waals surface area contributed by atoms with Crippen LogP contribution < -0.4 is 10.9 Å². The molecule has 0 spiro atoms. The fourth-order valence-corrected chi connectivity index (χ4v) is 3.15. The van der Waals surface area contributed by atoms with Gasteiger partial charge < -0.3 is 9.73 Å². The second-order valence-corrected chi connectivity index (χ2v) is 7.29. The highest BCUT2D eigenvalue weighted by atomic mass is 127. The summed E-state index contributed by atoms with van der Waals surface area (Å²) in [5.41, 5.74) is 3.47. The predicted octanol–water partition coefficient (Wildman–Crippen LogP) is 4.59. The zero-order valence-corrected chi connectivity index (χ0v) is 16.2. The molecule has 128 valence electrons. The van der Waals surface area contributed by atoms with E-state index >= 15 is 0 Å². The Balaban J connectivity index is 1.76. The minimum Gasteiger partial charge on any atom is -0.423 e. The lowest BCUT2D eigenvalue weighted by Crippen LogP contribution is -2.16. The molecule has 0 bridgehead atoms. The number of benzene rings is 2. The quantitative estimate of drug-likeness (QED) is 0.471. The normalized spacial score (nSPS) is 10.8. The molecule has 0 aliphatic carbocycles. The first-order chi connectivity index (χ1) is 11.9. The number of rotatable bonds is 4. The second kappa shape index (κ2) is 7.39. The summed E-state index contributed by atoms with van der Waals surface area (Å²) in [6.45, 7) is 3.86. The average Bonchev–Trinajstić information content (AvgIpc) is 2.56. The van der Waals surface area contributed by atoms with Crippen LogP contribution in [0.3, 0.4) is 0 Å². The number of aryl methyl sites for hydroxylation is 2. The Hall–Kier alpha value is -2.15. The van der Waals surface area contributed by atoms with Gasteiger partial charge in [0.05, 0.1) is 0 Å². The molecule has 1 amide bonds. The van der Waals surface area contributed by atoms with Crippen LogP contribution >= 0.6 is 22.6 Å². The van der Waals surface area contributed by atoms with Crippen LogP contribution in [0.1, 0.15) is 23.1 Å². The fraction of sp³-hybridized carbons (Fsp3) is 0.200. The van der Waals surface area contributed by atoms with E-state index in [0.29, 0.717) is 17.6 Å². The smallest absolute Gasteiger partial charge is 0.339 e. The van der Waals surface area contributed by atoms with E-state index in [9.17, 15) is 9.59 Å². The number of carbonyl (C=O) groups is 1. The SMILES string of the molecule is Cc1ccc2c(C)c(CCC(=O)Nc3ccc(I)cc3)c(=O)oc2c1. The van der Waals surface area contributed by atoms with Gasteiger partial charge in [-0.25, -0.2) is 4.79 Å². The summed E-state index contributed by atoms with van der Waals surface area (Å²) in [5.74, 6) is -0.121. The first-order valence-corrected chi connectivity index (χ1v) is 9.10. The van der Waals surface area contributed by atoms with Crippen molar-refractivity contribution >= 4 is 45.2 Å². The second-order valence-electron chi connectivity index (χ2n) is 6.05. The third-order valence-corrected chi connectivity index (χ3v) is 4.89. The molecule has 3 aromatic rings. The number of halogens is 1. The van der Waals surface area contributed by atoms with E-state index in [0.717, 1.165) is 25.8 Å². The Kier molecular flexibility index (Phi) is 5.22.